The Labute approximate surface area is 185 Å². The molecule has 1 aromatic heterocycles. The van der Waals surface area contributed by atoms with Gasteiger partial charge < -0.3 is 9.73 Å². The van der Waals surface area contributed by atoms with Crippen LogP contribution in [0.1, 0.15) is 10.4 Å². The number of hydrogen-bond donors (Lipinski definition) is 2. The molecule has 7 nitrogen and oxygen atoms in total. The number of fused-ring (bicyclic) bond motifs is 1. The molecule has 0 aliphatic carbocycles. The van der Waals surface area contributed by atoms with E-state index < -0.39 is 21.6 Å². The van der Waals surface area contributed by atoms with Crippen molar-refractivity contribution in [2.24, 2.45) is 0 Å². The Morgan fingerprint density at radius 3 is 2.39 bits per heavy atom. The lowest BCUT2D eigenvalue weighted by Gasteiger charge is -2.10. The third-order valence-corrected chi connectivity index (χ3v) is 6.29. The highest BCUT2D eigenvalue weighted by atomic mass is 79.9. The molecule has 0 bridgehead atoms. The van der Waals surface area contributed by atoms with Gasteiger partial charge in [0.25, 0.3) is 15.9 Å². The van der Waals surface area contributed by atoms with Crippen LogP contribution in [0.4, 0.5) is 11.4 Å². The molecular formula is C22H15BrN2O5S. The van der Waals surface area contributed by atoms with Crippen molar-refractivity contribution in [1.29, 1.82) is 0 Å². The van der Waals surface area contributed by atoms with E-state index in [2.05, 4.69) is 26.0 Å². The smallest absolute Gasteiger partial charge is 0.336 e. The van der Waals surface area contributed by atoms with Gasteiger partial charge in [-0.15, -0.1) is 0 Å². The van der Waals surface area contributed by atoms with E-state index in [0.29, 0.717) is 22.3 Å². The highest BCUT2D eigenvalue weighted by Gasteiger charge is 2.17. The van der Waals surface area contributed by atoms with E-state index in [-0.39, 0.29) is 10.5 Å². The van der Waals surface area contributed by atoms with Crippen LogP contribution in [-0.2, 0) is 10.0 Å². The van der Waals surface area contributed by atoms with Gasteiger partial charge in [-0.1, -0.05) is 22.0 Å². The summed E-state index contributed by atoms with van der Waals surface area (Å²) in [7, 11) is -3.88. The molecule has 0 fully saturated rings. The minimum Gasteiger partial charge on any atom is -0.423 e. The van der Waals surface area contributed by atoms with E-state index in [0.717, 1.165) is 4.47 Å². The van der Waals surface area contributed by atoms with Crippen molar-refractivity contribution in [2.45, 2.75) is 4.90 Å². The number of halogens is 1. The van der Waals surface area contributed by atoms with Gasteiger partial charge in [-0.2, -0.15) is 0 Å². The summed E-state index contributed by atoms with van der Waals surface area (Å²) < 4.78 is 33.8. The minimum atomic E-state index is -3.88. The second kappa shape index (κ2) is 8.37. The molecule has 31 heavy (non-hydrogen) atoms. The number of sulfonamides is 1. The monoisotopic (exact) mass is 498 g/mol. The first-order valence-corrected chi connectivity index (χ1v) is 11.3. The molecule has 1 amide bonds. The Bertz CT molecular complexity index is 1450. The first kappa shape index (κ1) is 20.8. The van der Waals surface area contributed by atoms with Crippen LogP contribution in [-0.4, -0.2) is 14.3 Å². The summed E-state index contributed by atoms with van der Waals surface area (Å²) in [6.45, 7) is 0. The fourth-order valence-corrected chi connectivity index (χ4v) is 4.26. The summed E-state index contributed by atoms with van der Waals surface area (Å²) in [4.78, 5) is 23.9. The number of anilines is 2. The van der Waals surface area contributed by atoms with E-state index in [4.69, 9.17) is 4.42 Å². The molecule has 0 spiro atoms. The average Bonchev–Trinajstić information content (AvgIpc) is 2.75. The van der Waals surface area contributed by atoms with Gasteiger partial charge in [0.05, 0.1) is 4.90 Å². The highest BCUT2D eigenvalue weighted by Crippen LogP contribution is 2.21. The molecule has 1 heterocycles. The summed E-state index contributed by atoms with van der Waals surface area (Å²) in [5, 5.41) is 3.37. The first-order chi connectivity index (χ1) is 14.8. The topological polar surface area (TPSA) is 105 Å². The lowest BCUT2D eigenvalue weighted by Crippen LogP contribution is -2.16. The lowest BCUT2D eigenvalue weighted by molar-refractivity contribution is 0.102. The maximum atomic E-state index is 12.7. The molecular weight excluding hydrogens is 484 g/mol. The van der Waals surface area contributed by atoms with Crippen molar-refractivity contribution < 1.29 is 17.6 Å². The molecule has 0 radical (unpaired) electrons. The fraction of sp³-hybridized carbons (Fsp3) is 0. The zero-order valence-corrected chi connectivity index (χ0v) is 18.2. The molecule has 2 N–H and O–H groups in total. The molecule has 156 valence electrons. The van der Waals surface area contributed by atoms with Crippen molar-refractivity contribution in [3.05, 3.63) is 99.3 Å². The molecule has 0 atom stereocenters. The van der Waals surface area contributed by atoms with E-state index in [1.807, 2.05) is 0 Å². The van der Waals surface area contributed by atoms with Gasteiger partial charge in [0.1, 0.15) is 5.58 Å². The molecule has 0 aliphatic rings. The maximum absolute atomic E-state index is 12.7. The zero-order chi connectivity index (χ0) is 22.0. The molecule has 9 heteroatoms. The van der Waals surface area contributed by atoms with Crippen molar-refractivity contribution in [3.63, 3.8) is 0 Å². The normalized spacial score (nSPS) is 11.3. The van der Waals surface area contributed by atoms with Crippen LogP contribution in [0.5, 0.6) is 0 Å². The van der Waals surface area contributed by atoms with Crippen molar-refractivity contribution in [3.8, 4) is 0 Å². The predicted molar refractivity (Wildman–Crippen MR) is 122 cm³/mol. The number of nitrogens with one attached hydrogen (secondary N) is 2. The standard InChI is InChI=1S/C22H15BrN2O5S/c23-16-5-7-17(8-6-16)25-31(28,29)19-3-1-2-15(13-19)22(27)24-18-9-10-20-14(12-18)4-11-21(26)30-20/h1-13,25H,(H,24,27). The quantitative estimate of drug-likeness (QED) is 0.391. The molecule has 3 aromatic carbocycles. The Kier molecular flexibility index (Phi) is 5.62. The molecule has 0 aliphatic heterocycles. The van der Waals surface area contributed by atoms with Gasteiger partial charge in [-0.05, 0) is 66.7 Å². The Hall–Kier alpha value is -3.43. The van der Waals surface area contributed by atoms with Crippen LogP contribution in [0.3, 0.4) is 0 Å². The Balaban J connectivity index is 1.55. The number of rotatable bonds is 5. The van der Waals surface area contributed by atoms with Crippen molar-refractivity contribution in [1.82, 2.24) is 0 Å². The molecule has 4 rings (SSSR count). The van der Waals surface area contributed by atoms with Crippen molar-refractivity contribution >= 4 is 54.2 Å². The lowest BCUT2D eigenvalue weighted by atomic mass is 10.2. The van der Waals surface area contributed by atoms with Crippen molar-refractivity contribution in [2.75, 3.05) is 10.0 Å². The second-order valence-electron chi connectivity index (χ2n) is 6.60. The summed E-state index contributed by atoms with van der Waals surface area (Å²) in [6.07, 6.45) is 0. The first-order valence-electron chi connectivity index (χ1n) is 9.04. The molecule has 4 aromatic rings. The van der Waals surface area contributed by atoms with Gasteiger partial charge in [-0.3, -0.25) is 9.52 Å². The zero-order valence-electron chi connectivity index (χ0n) is 15.8. The maximum Gasteiger partial charge on any atom is 0.336 e. The van der Waals surface area contributed by atoms with Crippen LogP contribution in [0.15, 0.2) is 97.4 Å². The van der Waals surface area contributed by atoms with Crippen LogP contribution in [0.2, 0.25) is 0 Å². The molecule has 0 saturated heterocycles. The van der Waals surface area contributed by atoms with E-state index in [1.165, 1.54) is 30.3 Å². The van der Waals surface area contributed by atoms with E-state index in [1.54, 1.807) is 48.5 Å². The predicted octanol–water partition coefficient (Wildman–Crippen LogP) is 4.61. The average molecular weight is 499 g/mol. The van der Waals surface area contributed by atoms with Gasteiger partial charge >= 0.3 is 5.63 Å². The summed E-state index contributed by atoms with van der Waals surface area (Å²) in [6, 6.07) is 20.1. The fourth-order valence-electron chi connectivity index (χ4n) is 2.89. The number of amides is 1. The van der Waals surface area contributed by atoms with Crippen LogP contribution >= 0.6 is 15.9 Å². The van der Waals surface area contributed by atoms with Crippen LogP contribution < -0.4 is 15.7 Å². The van der Waals surface area contributed by atoms with Gasteiger partial charge in [0.15, 0.2) is 0 Å². The molecule has 0 saturated carbocycles. The summed E-state index contributed by atoms with van der Waals surface area (Å²) >= 11 is 3.30. The van der Waals surface area contributed by atoms with Crippen LogP contribution in [0.25, 0.3) is 11.0 Å². The Morgan fingerprint density at radius 1 is 0.871 bits per heavy atom. The third-order valence-electron chi connectivity index (χ3n) is 4.38. The van der Waals surface area contributed by atoms with Gasteiger partial charge in [-0.25, -0.2) is 13.2 Å². The Morgan fingerprint density at radius 2 is 1.61 bits per heavy atom. The molecule has 0 unspecified atom stereocenters. The number of carbonyl (C=O) groups is 1. The number of benzene rings is 3. The minimum absolute atomic E-state index is 0.0386. The summed E-state index contributed by atoms with van der Waals surface area (Å²) in [5.74, 6) is -0.475. The van der Waals surface area contributed by atoms with Gasteiger partial charge in [0.2, 0.25) is 0 Å². The SMILES string of the molecule is O=C(Nc1ccc2oc(=O)ccc2c1)c1cccc(S(=O)(=O)Nc2ccc(Br)cc2)c1. The second-order valence-corrected chi connectivity index (χ2v) is 9.20. The van der Waals surface area contributed by atoms with E-state index in [9.17, 15) is 18.0 Å². The van der Waals surface area contributed by atoms with E-state index >= 15 is 0 Å². The largest absolute Gasteiger partial charge is 0.423 e. The number of carbonyl (C=O) groups excluding carboxylic acids is 1. The third kappa shape index (κ3) is 4.84. The highest BCUT2D eigenvalue weighted by molar-refractivity contribution is 9.10. The van der Waals surface area contributed by atoms with Gasteiger partial charge in [0, 0.05) is 32.9 Å². The summed E-state index contributed by atoms with van der Waals surface area (Å²) in [5.41, 5.74) is 1.00. The van der Waals surface area contributed by atoms with Crippen LogP contribution in [0, 0.1) is 0 Å². The number of hydrogen-bond acceptors (Lipinski definition) is 5.